The molecule has 2 aliphatic heterocycles. The first kappa shape index (κ1) is 19.8. The minimum atomic E-state index is -0.163. The van der Waals surface area contributed by atoms with E-state index in [1.165, 1.54) is 12.8 Å². The highest BCUT2D eigenvalue weighted by Crippen LogP contribution is 2.32. The van der Waals surface area contributed by atoms with E-state index in [9.17, 15) is 4.79 Å². The van der Waals surface area contributed by atoms with Gasteiger partial charge in [0, 0.05) is 40.9 Å². The summed E-state index contributed by atoms with van der Waals surface area (Å²) in [6.07, 6.45) is 5.51. The molecule has 30 heavy (non-hydrogen) atoms. The lowest BCUT2D eigenvalue weighted by Gasteiger charge is -2.46. The number of carbonyl (C=O) groups is 1. The molecule has 162 valence electrons. The summed E-state index contributed by atoms with van der Waals surface area (Å²) in [5.74, 6) is 0.156. The number of hydrogen-bond acceptors (Lipinski definition) is 6. The zero-order valence-corrected chi connectivity index (χ0v) is 17.5. The number of nitrogens with one attached hydrogen (secondary N) is 6. The molecule has 0 radical (unpaired) electrons. The standard InChI is InChI=1S/C22H33N7O/c1-12-9-14-16(25-12)7-4-8-17(14)27-21-20-13(11-24-29-22(20)30)10-19(28-21)26-18-6-3-2-5-15(18)23/h4,7-9,13,15,18-21,24-28H,2-3,5-6,10-11,23H2,1H3,(H,29,30)/t13?,15-,18+,19?,20?,21?/m0/s1. The van der Waals surface area contributed by atoms with E-state index in [1.807, 2.05) is 6.07 Å². The number of piperidine rings is 1. The smallest absolute Gasteiger partial charge is 0.240 e. The van der Waals surface area contributed by atoms with Crippen LogP contribution in [0.4, 0.5) is 5.69 Å². The number of amides is 1. The summed E-state index contributed by atoms with van der Waals surface area (Å²) in [6.45, 7) is 2.84. The quantitative estimate of drug-likeness (QED) is 0.407. The summed E-state index contributed by atoms with van der Waals surface area (Å²) in [5.41, 5.74) is 15.5. The average Bonchev–Trinajstić information content (AvgIpc) is 3.11. The van der Waals surface area contributed by atoms with Crippen molar-refractivity contribution in [1.82, 2.24) is 26.5 Å². The SMILES string of the molecule is Cc1cc2c(NC3NC(N[C@@H]4CCCC[C@@H]4N)CC4CNNC(=O)C43)cccc2[nH]1. The number of rotatable bonds is 4. The number of aryl methyl sites for hydroxylation is 1. The number of carbonyl (C=O) groups excluding carboxylic acids is 1. The van der Waals surface area contributed by atoms with Gasteiger partial charge in [-0.3, -0.25) is 20.9 Å². The number of nitrogens with two attached hydrogens (primary N) is 1. The Morgan fingerprint density at radius 3 is 2.93 bits per heavy atom. The lowest BCUT2D eigenvalue weighted by Crippen LogP contribution is -2.69. The Labute approximate surface area is 177 Å². The van der Waals surface area contributed by atoms with Crippen LogP contribution in [-0.2, 0) is 4.79 Å². The Bertz CT molecular complexity index is 912. The maximum absolute atomic E-state index is 12.7. The Morgan fingerprint density at radius 1 is 1.20 bits per heavy atom. The third kappa shape index (κ3) is 3.80. The van der Waals surface area contributed by atoms with Gasteiger partial charge in [0.05, 0.1) is 18.2 Å². The van der Waals surface area contributed by atoms with Gasteiger partial charge in [-0.1, -0.05) is 18.9 Å². The second kappa shape index (κ2) is 8.19. The third-order valence-electron chi connectivity index (χ3n) is 7.01. The van der Waals surface area contributed by atoms with Gasteiger partial charge >= 0.3 is 0 Å². The van der Waals surface area contributed by atoms with Gasteiger partial charge in [-0.05, 0) is 50.3 Å². The van der Waals surface area contributed by atoms with Gasteiger partial charge in [0.2, 0.25) is 5.91 Å². The number of hydrazine groups is 1. The Morgan fingerprint density at radius 2 is 2.07 bits per heavy atom. The number of anilines is 1. The summed E-state index contributed by atoms with van der Waals surface area (Å²) < 4.78 is 0. The first-order valence-electron chi connectivity index (χ1n) is 11.2. The number of hydrogen-bond donors (Lipinski definition) is 7. The van der Waals surface area contributed by atoms with Crippen LogP contribution in [0.3, 0.4) is 0 Å². The molecule has 8 heteroatoms. The zero-order chi connectivity index (χ0) is 20.7. The number of aromatic amines is 1. The minimum absolute atomic E-state index is 0.0430. The van der Waals surface area contributed by atoms with Crippen molar-refractivity contribution in [2.24, 2.45) is 17.6 Å². The number of benzene rings is 1. The Balaban J connectivity index is 1.39. The number of aromatic nitrogens is 1. The van der Waals surface area contributed by atoms with Gasteiger partial charge in [0.25, 0.3) is 0 Å². The molecule has 1 aliphatic carbocycles. The minimum Gasteiger partial charge on any atom is -0.368 e. The molecular weight excluding hydrogens is 378 g/mol. The van der Waals surface area contributed by atoms with Crippen LogP contribution in [0.5, 0.6) is 0 Å². The van der Waals surface area contributed by atoms with E-state index in [4.69, 9.17) is 5.73 Å². The molecule has 2 saturated heterocycles. The molecular formula is C22H33N7O. The van der Waals surface area contributed by atoms with Gasteiger partial charge in [-0.15, -0.1) is 0 Å². The predicted octanol–water partition coefficient (Wildman–Crippen LogP) is 1.26. The lowest BCUT2D eigenvalue weighted by atomic mass is 9.80. The second-order valence-electron chi connectivity index (χ2n) is 9.17. The van der Waals surface area contributed by atoms with Crippen LogP contribution in [-0.4, -0.2) is 41.9 Å². The average molecular weight is 412 g/mol. The molecule has 0 bridgehead atoms. The molecule has 2 aromatic rings. The number of H-pyrrole nitrogens is 1. The summed E-state index contributed by atoms with van der Waals surface area (Å²) in [6, 6.07) is 8.89. The molecule has 4 unspecified atom stereocenters. The van der Waals surface area contributed by atoms with Gasteiger partial charge in [-0.2, -0.15) is 0 Å². The summed E-state index contributed by atoms with van der Waals surface area (Å²) in [4.78, 5) is 16.1. The van der Waals surface area contributed by atoms with E-state index in [2.05, 4.69) is 56.9 Å². The molecule has 0 spiro atoms. The van der Waals surface area contributed by atoms with Crippen molar-refractivity contribution >= 4 is 22.5 Å². The molecule has 3 aliphatic rings. The highest BCUT2D eigenvalue weighted by molar-refractivity contribution is 5.93. The topological polar surface area (TPSA) is 119 Å². The molecule has 1 aromatic carbocycles. The maximum atomic E-state index is 12.7. The van der Waals surface area contributed by atoms with Gasteiger partial charge in [-0.25, -0.2) is 5.43 Å². The van der Waals surface area contributed by atoms with Crippen LogP contribution in [0.1, 0.15) is 37.8 Å². The normalized spacial score (nSPS) is 34.4. The molecule has 3 heterocycles. The summed E-state index contributed by atoms with van der Waals surface area (Å²) >= 11 is 0. The third-order valence-corrected chi connectivity index (χ3v) is 7.01. The van der Waals surface area contributed by atoms with Gasteiger partial charge in [0.15, 0.2) is 0 Å². The zero-order valence-electron chi connectivity index (χ0n) is 17.5. The Hall–Kier alpha value is -2.13. The number of fused-ring (bicyclic) bond motifs is 2. The van der Waals surface area contributed by atoms with E-state index in [1.54, 1.807) is 0 Å². The van der Waals surface area contributed by atoms with Crippen LogP contribution in [0.15, 0.2) is 24.3 Å². The van der Waals surface area contributed by atoms with Crippen LogP contribution < -0.4 is 32.5 Å². The van der Waals surface area contributed by atoms with E-state index in [0.717, 1.165) is 48.1 Å². The Kier molecular flexibility index (Phi) is 5.41. The highest BCUT2D eigenvalue weighted by Gasteiger charge is 2.44. The van der Waals surface area contributed by atoms with Gasteiger partial charge in [0.1, 0.15) is 0 Å². The first-order valence-corrected chi connectivity index (χ1v) is 11.2. The second-order valence-corrected chi connectivity index (χ2v) is 9.17. The fraction of sp³-hybridized carbons (Fsp3) is 0.591. The molecule has 6 atom stereocenters. The van der Waals surface area contributed by atoms with Crippen molar-refractivity contribution in [2.45, 2.75) is 63.4 Å². The van der Waals surface area contributed by atoms with Crippen LogP contribution in [0.25, 0.3) is 10.9 Å². The lowest BCUT2D eigenvalue weighted by molar-refractivity contribution is -0.133. The maximum Gasteiger partial charge on any atom is 0.240 e. The van der Waals surface area contributed by atoms with E-state index in [-0.39, 0.29) is 36.1 Å². The predicted molar refractivity (Wildman–Crippen MR) is 118 cm³/mol. The van der Waals surface area contributed by atoms with Crippen molar-refractivity contribution < 1.29 is 4.79 Å². The van der Waals surface area contributed by atoms with Gasteiger partial charge < -0.3 is 16.0 Å². The van der Waals surface area contributed by atoms with E-state index >= 15 is 0 Å². The van der Waals surface area contributed by atoms with Crippen molar-refractivity contribution in [3.63, 3.8) is 0 Å². The van der Waals surface area contributed by atoms with Crippen molar-refractivity contribution in [1.29, 1.82) is 0 Å². The highest BCUT2D eigenvalue weighted by atomic mass is 16.2. The molecule has 5 rings (SSSR count). The first-order chi connectivity index (χ1) is 14.6. The molecule has 3 fully saturated rings. The largest absolute Gasteiger partial charge is 0.368 e. The molecule has 8 nitrogen and oxygen atoms in total. The molecule has 8 N–H and O–H groups in total. The fourth-order valence-electron chi connectivity index (χ4n) is 5.50. The molecule has 1 saturated carbocycles. The van der Waals surface area contributed by atoms with E-state index < -0.39 is 0 Å². The molecule has 1 aromatic heterocycles. The van der Waals surface area contributed by atoms with Crippen molar-refractivity contribution in [3.8, 4) is 0 Å². The van der Waals surface area contributed by atoms with Crippen molar-refractivity contribution in [3.05, 3.63) is 30.0 Å². The monoisotopic (exact) mass is 411 g/mol. The summed E-state index contributed by atoms with van der Waals surface area (Å²) in [7, 11) is 0. The summed E-state index contributed by atoms with van der Waals surface area (Å²) in [5, 5.41) is 12.3. The molecule has 1 amide bonds. The van der Waals surface area contributed by atoms with Crippen LogP contribution in [0, 0.1) is 18.8 Å². The van der Waals surface area contributed by atoms with Crippen LogP contribution in [0.2, 0.25) is 0 Å². The van der Waals surface area contributed by atoms with Crippen molar-refractivity contribution in [2.75, 3.05) is 11.9 Å². The fourth-order valence-corrected chi connectivity index (χ4v) is 5.50. The van der Waals surface area contributed by atoms with E-state index in [0.29, 0.717) is 6.04 Å². The van der Waals surface area contributed by atoms with Crippen LogP contribution >= 0.6 is 0 Å².